The predicted molar refractivity (Wildman–Crippen MR) is 66.2 cm³/mol. The van der Waals surface area contributed by atoms with Gasteiger partial charge in [-0.2, -0.15) is 0 Å². The molecule has 0 aliphatic carbocycles. The molecule has 0 saturated carbocycles. The van der Waals surface area contributed by atoms with Gasteiger partial charge >= 0.3 is 11.9 Å². The molecule has 18 heavy (non-hydrogen) atoms. The Bertz CT molecular complexity index is 416. The molecule has 0 atom stereocenters. The number of ketones is 1. The van der Waals surface area contributed by atoms with Gasteiger partial charge in [-0.1, -0.05) is 41.5 Å². The highest BCUT2D eigenvalue weighted by Gasteiger charge is 2.38. The van der Waals surface area contributed by atoms with Crippen molar-refractivity contribution in [2.45, 2.75) is 41.5 Å². The molecule has 0 amide bonds. The number of rotatable bonds is 3. The average molecular weight is 256 g/mol. The molecule has 0 heterocycles. The first-order valence-electron chi connectivity index (χ1n) is 5.56. The van der Waals surface area contributed by atoms with Crippen LogP contribution in [0.25, 0.3) is 0 Å². The van der Waals surface area contributed by atoms with Gasteiger partial charge in [0.05, 0.1) is 5.57 Å². The van der Waals surface area contributed by atoms with E-state index in [9.17, 15) is 19.5 Å². The van der Waals surface area contributed by atoms with E-state index >= 15 is 0 Å². The van der Waals surface area contributed by atoms with Crippen molar-refractivity contribution in [2.75, 3.05) is 0 Å². The van der Waals surface area contributed by atoms with Crippen molar-refractivity contribution in [3.8, 4) is 0 Å². The first-order chi connectivity index (χ1) is 7.80. The van der Waals surface area contributed by atoms with Gasteiger partial charge in [0.2, 0.25) is 0 Å². The van der Waals surface area contributed by atoms with Crippen molar-refractivity contribution in [3.05, 3.63) is 11.1 Å². The molecule has 0 saturated heterocycles. The van der Waals surface area contributed by atoms with Gasteiger partial charge in [-0.3, -0.25) is 4.79 Å². The van der Waals surface area contributed by atoms with Crippen molar-refractivity contribution in [1.29, 1.82) is 0 Å². The second-order valence-corrected chi connectivity index (χ2v) is 6.19. The van der Waals surface area contributed by atoms with Gasteiger partial charge in [0.1, 0.15) is 0 Å². The van der Waals surface area contributed by atoms with Crippen LogP contribution in [0.2, 0.25) is 0 Å². The molecule has 5 nitrogen and oxygen atoms in total. The van der Waals surface area contributed by atoms with Gasteiger partial charge in [-0.15, -0.1) is 0 Å². The Labute approximate surface area is 107 Å². The lowest BCUT2D eigenvalue weighted by Crippen LogP contribution is -2.32. The Kier molecular flexibility index (Phi) is 4.47. The number of carboxylic acid groups (broad SMARTS) is 2. The minimum Gasteiger partial charge on any atom is -0.478 e. The summed E-state index contributed by atoms with van der Waals surface area (Å²) in [6.07, 6.45) is 0. The Balaban J connectivity index is 6.35. The van der Waals surface area contributed by atoms with E-state index in [1.807, 2.05) is 0 Å². The maximum atomic E-state index is 11.8. The van der Waals surface area contributed by atoms with Crippen molar-refractivity contribution >= 4 is 17.7 Å². The van der Waals surface area contributed by atoms with E-state index in [-0.39, 0.29) is 11.1 Å². The third-order valence-electron chi connectivity index (χ3n) is 2.39. The number of hydrogen-bond donors (Lipinski definition) is 2. The quantitative estimate of drug-likeness (QED) is 0.596. The van der Waals surface area contributed by atoms with E-state index in [0.717, 1.165) is 0 Å². The van der Waals surface area contributed by atoms with Crippen LogP contribution < -0.4 is 0 Å². The summed E-state index contributed by atoms with van der Waals surface area (Å²) in [5.74, 6) is -4.06. The number of hydrogen-bond acceptors (Lipinski definition) is 3. The molecule has 0 aromatic carbocycles. The minimum absolute atomic E-state index is 0.151. The molecule has 102 valence electrons. The zero-order chi connectivity index (χ0) is 14.9. The standard InChI is InChI=1S/C13H20O5/c1-12(2,3)7(9(14)11(17)18)8(10(15)16)13(4,5)6/h1-6H3,(H,15,16)(H,17,18). The van der Waals surface area contributed by atoms with Crippen LogP contribution in [0.5, 0.6) is 0 Å². The van der Waals surface area contributed by atoms with Gasteiger partial charge in [0, 0.05) is 5.57 Å². The van der Waals surface area contributed by atoms with Crippen LogP contribution >= 0.6 is 0 Å². The summed E-state index contributed by atoms with van der Waals surface area (Å²) in [6, 6.07) is 0. The molecule has 0 aliphatic rings. The highest BCUT2D eigenvalue weighted by Crippen LogP contribution is 2.37. The zero-order valence-electron chi connectivity index (χ0n) is 11.6. The number of aliphatic carboxylic acids is 2. The molecule has 0 spiro atoms. The SMILES string of the molecule is CC(C)(C)C(C(=O)O)=C(C(=O)C(=O)O)C(C)(C)C. The summed E-state index contributed by atoms with van der Waals surface area (Å²) in [6.45, 7) is 9.78. The molecule has 2 N–H and O–H groups in total. The van der Waals surface area contributed by atoms with E-state index < -0.39 is 28.6 Å². The summed E-state index contributed by atoms with van der Waals surface area (Å²) >= 11 is 0. The highest BCUT2D eigenvalue weighted by atomic mass is 16.4. The van der Waals surface area contributed by atoms with Crippen LogP contribution in [0, 0.1) is 10.8 Å². The van der Waals surface area contributed by atoms with Crippen LogP contribution in [0.3, 0.4) is 0 Å². The van der Waals surface area contributed by atoms with Crippen molar-refractivity contribution in [1.82, 2.24) is 0 Å². The normalized spacial score (nSPS) is 13.9. The second-order valence-electron chi connectivity index (χ2n) is 6.19. The van der Waals surface area contributed by atoms with Gasteiger partial charge in [0.15, 0.2) is 0 Å². The van der Waals surface area contributed by atoms with Crippen LogP contribution in [0.1, 0.15) is 41.5 Å². The molecule has 0 fully saturated rings. The summed E-state index contributed by atoms with van der Waals surface area (Å²) in [7, 11) is 0. The van der Waals surface area contributed by atoms with Crippen LogP contribution in [0.15, 0.2) is 11.1 Å². The number of carbonyl (C=O) groups excluding carboxylic acids is 1. The lowest BCUT2D eigenvalue weighted by molar-refractivity contribution is -0.147. The molecule has 0 aromatic rings. The van der Waals surface area contributed by atoms with E-state index in [1.165, 1.54) is 0 Å². The predicted octanol–water partition coefficient (Wildman–Crippen LogP) is 2.11. The van der Waals surface area contributed by atoms with Crippen molar-refractivity contribution in [2.24, 2.45) is 10.8 Å². The molecule has 0 bridgehead atoms. The van der Waals surface area contributed by atoms with E-state index in [0.29, 0.717) is 0 Å². The minimum atomic E-state index is -1.64. The second kappa shape index (κ2) is 4.92. The van der Waals surface area contributed by atoms with Gasteiger partial charge < -0.3 is 10.2 Å². The van der Waals surface area contributed by atoms with Crippen LogP contribution in [-0.4, -0.2) is 27.9 Å². The molecular weight excluding hydrogens is 236 g/mol. The Morgan fingerprint density at radius 2 is 1.00 bits per heavy atom. The molecule has 5 heteroatoms. The maximum Gasteiger partial charge on any atom is 0.376 e. The smallest absolute Gasteiger partial charge is 0.376 e. The first kappa shape index (κ1) is 16.4. The summed E-state index contributed by atoms with van der Waals surface area (Å²) in [5.41, 5.74) is -1.98. The molecule has 0 radical (unpaired) electrons. The highest BCUT2D eigenvalue weighted by molar-refractivity contribution is 6.40. The monoisotopic (exact) mass is 256 g/mol. The van der Waals surface area contributed by atoms with Crippen molar-refractivity contribution < 1.29 is 24.6 Å². The topological polar surface area (TPSA) is 91.7 Å². The van der Waals surface area contributed by atoms with Gasteiger partial charge in [-0.25, -0.2) is 9.59 Å². The van der Waals surface area contributed by atoms with E-state index in [4.69, 9.17) is 5.11 Å². The Morgan fingerprint density at radius 1 is 0.667 bits per heavy atom. The van der Waals surface area contributed by atoms with Crippen LogP contribution in [0.4, 0.5) is 0 Å². The number of carbonyl (C=O) groups is 3. The third-order valence-corrected chi connectivity index (χ3v) is 2.39. The molecule has 0 rings (SSSR count). The Hall–Kier alpha value is -1.65. The molecule has 0 aliphatic heterocycles. The summed E-state index contributed by atoms with van der Waals surface area (Å²) in [5, 5.41) is 18.1. The molecular formula is C13H20O5. The van der Waals surface area contributed by atoms with Crippen LogP contribution in [-0.2, 0) is 14.4 Å². The third kappa shape index (κ3) is 3.68. The molecule has 0 aromatic heterocycles. The Morgan fingerprint density at radius 3 is 1.17 bits per heavy atom. The zero-order valence-corrected chi connectivity index (χ0v) is 11.6. The lowest BCUT2D eigenvalue weighted by Gasteiger charge is -2.29. The fraction of sp³-hybridized carbons (Fsp3) is 0.615. The van der Waals surface area contributed by atoms with Crippen molar-refractivity contribution in [3.63, 3.8) is 0 Å². The lowest BCUT2D eigenvalue weighted by atomic mass is 9.73. The number of carboxylic acids is 2. The van der Waals surface area contributed by atoms with Gasteiger partial charge in [-0.05, 0) is 10.8 Å². The van der Waals surface area contributed by atoms with E-state index in [2.05, 4.69) is 0 Å². The first-order valence-corrected chi connectivity index (χ1v) is 5.56. The summed E-state index contributed by atoms with van der Waals surface area (Å²) in [4.78, 5) is 34.0. The fourth-order valence-corrected chi connectivity index (χ4v) is 1.74. The fourth-order valence-electron chi connectivity index (χ4n) is 1.74. The largest absolute Gasteiger partial charge is 0.478 e. The van der Waals surface area contributed by atoms with E-state index in [1.54, 1.807) is 41.5 Å². The summed E-state index contributed by atoms with van der Waals surface area (Å²) < 4.78 is 0. The average Bonchev–Trinajstić information content (AvgIpc) is 2.07. The number of Topliss-reactive ketones (excluding diaryl/α,β-unsaturated/α-hetero) is 1. The molecule has 0 unspecified atom stereocenters. The van der Waals surface area contributed by atoms with Gasteiger partial charge in [0.25, 0.3) is 5.78 Å². The maximum absolute atomic E-state index is 11.8.